The van der Waals surface area contributed by atoms with Crippen LogP contribution in [0.4, 0.5) is 13.2 Å². The van der Waals surface area contributed by atoms with Crippen LogP contribution in [0, 0.1) is 5.82 Å². The Hall–Kier alpha value is -2.49. The summed E-state index contributed by atoms with van der Waals surface area (Å²) < 4.78 is 45.0. The van der Waals surface area contributed by atoms with Gasteiger partial charge in [0, 0.05) is 10.9 Å². The molecular formula is C22H21F3O. The number of aryl methyl sites for hydroxylation is 1. The molecule has 0 saturated carbocycles. The van der Waals surface area contributed by atoms with Gasteiger partial charge in [0.25, 0.3) is 0 Å². The standard InChI is InChI=1S/C22H21F3O/c1-3-5-19-20(26-22(24)25)13-17-12-16(10-11-18(17)21(19)23)15-8-6-14(4-2)7-9-15/h6-13,22H,3-5H2,1-2H3. The van der Waals surface area contributed by atoms with Crippen molar-refractivity contribution in [3.05, 3.63) is 65.5 Å². The molecule has 0 heterocycles. The molecule has 0 fully saturated rings. The van der Waals surface area contributed by atoms with E-state index in [0.29, 0.717) is 23.6 Å². The lowest BCUT2D eigenvalue weighted by Crippen LogP contribution is -2.06. The maximum Gasteiger partial charge on any atom is 0.387 e. The zero-order valence-electron chi connectivity index (χ0n) is 14.9. The van der Waals surface area contributed by atoms with Crippen molar-refractivity contribution in [2.45, 2.75) is 39.7 Å². The number of ether oxygens (including phenoxy) is 1. The molecule has 0 N–H and O–H groups in total. The molecule has 4 heteroatoms. The lowest BCUT2D eigenvalue weighted by Gasteiger charge is -2.14. The van der Waals surface area contributed by atoms with E-state index in [1.165, 1.54) is 11.6 Å². The first-order valence-corrected chi connectivity index (χ1v) is 8.82. The zero-order chi connectivity index (χ0) is 18.7. The van der Waals surface area contributed by atoms with Crippen molar-refractivity contribution >= 4 is 10.8 Å². The molecule has 1 nitrogen and oxygen atoms in total. The summed E-state index contributed by atoms with van der Waals surface area (Å²) in [7, 11) is 0. The Kier molecular flexibility index (Phi) is 5.50. The first-order chi connectivity index (χ1) is 12.5. The monoisotopic (exact) mass is 358 g/mol. The molecule has 0 spiro atoms. The molecule has 0 saturated heterocycles. The van der Waals surface area contributed by atoms with Crippen molar-refractivity contribution in [3.8, 4) is 16.9 Å². The second-order valence-corrected chi connectivity index (χ2v) is 6.28. The summed E-state index contributed by atoms with van der Waals surface area (Å²) in [5, 5.41) is 0.971. The van der Waals surface area contributed by atoms with Gasteiger partial charge in [-0.2, -0.15) is 8.78 Å². The second-order valence-electron chi connectivity index (χ2n) is 6.28. The number of benzene rings is 3. The van der Waals surface area contributed by atoms with Crippen molar-refractivity contribution in [1.82, 2.24) is 0 Å². The van der Waals surface area contributed by atoms with E-state index in [9.17, 15) is 13.2 Å². The summed E-state index contributed by atoms with van der Waals surface area (Å²) in [5.74, 6) is -0.557. The van der Waals surface area contributed by atoms with E-state index in [4.69, 9.17) is 0 Å². The average molecular weight is 358 g/mol. The number of alkyl halides is 2. The molecule has 0 aliphatic heterocycles. The number of hydrogen-bond acceptors (Lipinski definition) is 1. The summed E-state index contributed by atoms with van der Waals surface area (Å²) in [4.78, 5) is 0. The summed E-state index contributed by atoms with van der Waals surface area (Å²) >= 11 is 0. The molecule has 0 radical (unpaired) electrons. The quantitative estimate of drug-likeness (QED) is 0.473. The number of halogens is 3. The van der Waals surface area contributed by atoms with Gasteiger partial charge in [-0.1, -0.05) is 56.7 Å². The molecule has 0 atom stereocenters. The molecule has 0 aliphatic carbocycles. The molecule has 0 aliphatic rings. The summed E-state index contributed by atoms with van der Waals surface area (Å²) in [6.45, 7) is 0.984. The van der Waals surface area contributed by atoms with E-state index in [2.05, 4.69) is 23.8 Å². The van der Waals surface area contributed by atoms with Gasteiger partial charge in [0.05, 0.1) is 0 Å². The summed E-state index contributed by atoms with van der Waals surface area (Å²) in [6, 6.07) is 15.0. The molecule has 26 heavy (non-hydrogen) atoms. The number of fused-ring (bicyclic) bond motifs is 1. The van der Waals surface area contributed by atoms with Gasteiger partial charge in [-0.05, 0) is 47.1 Å². The van der Waals surface area contributed by atoms with Crippen LogP contribution >= 0.6 is 0 Å². The van der Waals surface area contributed by atoms with Crippen molar-refractivity contribution in [1.29, 1.82) is 0 Å². The van der Waals surface area contributed by atoms with E-state index in [1.54, 1.807) is 6.07 Å². The minimum absolute atomic E-state index is 0.0784. The van der Waals surface area contributed by atoms with Gasteiger partial charge < -0.3 is 4.74 Å². The number of rotatable bonds is 6. The smallest absolute Gasteiger partial charge is 0.387 e. The van der Waals surface area contributed by atoms with Gasteiger partial charge in [-0.25, -0.2) is 4.39 Å². The van der Waals surface area contributed by atoms with E-state index in [1.807, 2.05) is 31.2 Å². The lowest BCUT2D eigenvalue weighted by molar-refractivity contribution is -0.0505. The summed E-state index contributed by atoms with van der Waals surface area (Å²) in [6.07, 6.45) is 1.95. The Labute approximate surface area is 151 Å². The minimum atomic E-state index is -2.98. The number of hydrogen-bond donors (Lipinski definition) is 0. The highest BCUT2D eigenvalue weighted by molar-refractivity contribution is 5.90. The third-order valence-corrected chi connectivity index (χ3v) is 4.55. The van der Waals surface area contributed by atoms with Crippen molar-refractivity contribution in [3.63, 3.8) is 0 Å². The molecule has 3 aromatic carbocycles. The van der Waals surface area contributed by atoms with Crippen LogP contribution in [0.15, 0.2) is 48.5 Å². The molecule has 136 valence electrons. The van der Waals surface area contributed by atoms with Gasteiger partial charge in [-0.3, -0.25) is 0 Å². The van der Waals surface area contributed by atoms with Crippen molar-refractivity contribution < 1.29 is 17.9 Å². The Morgan fingerprint density at radius 2 is 1.62 bits per heavy atom. The molecule has 3 rings (SSSR count). The fourth-order valence-electron chi connectivity index (χ4n) is 3.18. The SMILES string of the molecule is CCCc1c(OC(F)F)cc2cc(-c3ccc(CC)cc3)ccc2c1F. The second kappa shape index (κ2) is 7.81. The van der Waals surface area contributed by atoms with E-state index in [-0.39, 0.29) is 11.3 Å². The highest BCUT2D eigenvalue weighted by Gasteiger charge is 2.17. The first kappa shape index (κ1) is 18.3. The van der Waals surface area contributed by atoms with Crippen LogP contribution in [0.3, 0.4) is 0 Å². The Bertz CT molecular complexity index is 901. The van der Waals surface area contributed by atoms with Crippen molar-refractivity contribution in [2.75, 3.05) is 0 Å². The fraction of sp³-hybridized carbons (Fsp3) is 0.273. The average Bonchev–Trinajstić information content (AvgIpc) is 2.64. The Morgan fingerprint density at radius 3 is 2.23 bits per heavy atom. The normalized spacial score (nSPS) is 11.3. The predicted octanol–water partition coefficient (Wildman–Crippen LogP) is 6.76. The zero-order valence-corrected chi connectivity index (χ0v) is 14.9. The predicted molar refractivity (Wildman–Crippen MR) is 99.3 cm³/mol. The maximum atomic E-state index is 14.9. The van der Waals surface area contributed by atoms with Crippen LogP contribution in [0.5, 0.6) is 5.75 Å². The summed E-state index contributed by atoms with van der Waals surface area (Å²) in [5.41, 5.74) is 3.35. The van der Waals surface area contributed by atoms with Gasteiger partial charge in [0.15, 0.2) is 0 Å². The molecule has 0 amide bonds. The van der Waals surface area contributed by atoms with Gasteiger partial charge in [0.1, 0.15) is 11.6 Å². The Balaban J connectivity index is 2.11. The van der Waals surface area contributed by atoms with E-state index >= 15 is 0 Å². The molecule has 3 aromatic rings. The van der Waals surface area contributed by atoms with Crippen LogP contribution in [0.2, 0.25) is 0 Å². The maximum absolute atomic E-state index is 14.9. The third-order valence-electron chi connectivity index (χ3n) is 4.55. The minimum Gasteiger partial charge on any atom is -0.434 e. The van der Waals surface area contributed by atoms with Crippen LogP contribution in [-0.2, 0) is 12.8 Å². The third kappa shape index (κ3) is 3.69. The van der Waals surface area contributed by atoms with Crippen LogP contribution in [0.25, 0.3) is 21.9 Å². The van der Waals surface area contributed by atoms with Gasteiger partial charge in [-0.15, -0.1) is 0 Å². The fourth-order valence-corrected chi connectivity index (χ4v) is 3.18. The molecule has 0 unspecified atom stereocenters. The topological polar surface area (TPSA) is 9.23 Å². The molecule has 0 aromatic heterocycles. The first-order valence-electron chi connectivity index (χ1n) is 8.82. The van der Waals surface area contributed by atoms with Crippen LogP contribution in [-0.4, -0.2) is 6.61 Å². The van der Waals surface area contributed by atoms with Crippen LogP contribution in [0.1, 0.15) is 31.4 Å². The largest absolute Gasteiger partial charge is 0.434 e. The molecule has 0 bridgehead atoms. The van der Waals surface area contributed by atoms with E-state index in [0.717, 1.165) is 17.5 Å². The highest BCUT2D eigenvalue weighted by atomic mass is 19.3. The van der Waals surface area contributed by atoms with Crippen molar-refractivity contribution in [2.24, 2.45) is 0 Å². The lowest BCUT2D eigenvalue weighted by atomic mass is 9.97. The van der Waals surface area contributed by atoms with E-state index < -0.39 is 12.4 Å². The van der Waals surface area contributed by atoms with Gasteiger partial charge >= 0.3 is 6.61 Å². The van der Waals surface area contributed by atoms with Gasteiger partial charge in [0.2, 0.25) is 0 Å². The van der Waals surface area contributed by atoms with Crippen LogP contribution < -0.4 is 4.74 Å². The molecular weight excluding hydrogens is 337 g/mol. The Morgan fingerprint density at radius 1 is 0.923 bits per heavy atom. The highest BCUT2D eigenvalue weighted by Crippen LogP contribution is 2.34.